The third-order valence-corrected chi connectivity index (χ3v) is 1.84. The fraction of sp³-hybridized carbons (Fsp3) is 0.125. The Bertz CT molecular complexity index is 382. The van der Waals surface area contributed by atoms with Gasteiger partial charge in [0.05, 0.1) is 0 Å². The van der Waals surface area contributed by atoms with Gasteiger partial charge in [0.2, 0.25) is 17.4 Å². The van der Waals surface area contributed by atoms with Crippen molar-refractivity contribution in [2.75, 3.05) is 6.26 Å². The van der Waals surface area contributed by atoms with Crippen molar-refractivity contribution in [3.63, 3.8) is 0 Å². The summed E-state index contributed by atoms with van der Waals surface area (Å²) >= 11 is 0.509. The van der Waals surface area contributed by atoms with Crippen LogP contribution in [0, 0.1) is 23.3 Å². The zero-order valence-electron chi connectivity index (χ0n) is 7.31. The summed E-state index contributed by atoms with van der Waals surface area (Å²) in [4.78, 5) is 10.7. The largest absolute Gasteiger partial charge is 0.412 e. The Labute approximate surface area is 86.2 Å². The van der Waals surface area contributed by atoms with Crippen LogP contribution in [0.15, 0.2) is 6.07 Å². The van der Waals surface area contributed by atoms with Gasteiger partial charge in [-0.15, -0.1) is 0 Å². The first kappa shape index (κ1) is 11.8. The molecule has 2 nitrogen and oxygen atoms in total. The van der Waals surface area contributed by atoms with Crippen molar-refractivity contribution in [2.24, 2.45) is 0 Å². The van der Waals surface area contributed by atoms with Crippen LogP contribution in [-0.4, -0.2) is 11.6 Å². The second-order valence-electron chi connectivity index (χ2n) is 2.35. The lowest BCUT2D eigenvalue weighted by Gasteiger charge is -2.05. The maximum Gasteiger partial charge on any atom is 0.372 e. The fourth-order valence-electron chi connectivity index (χ4n) is 0.766. The number of hydrogen-bond acceptors (Lipinski definition) is 3. The Hall–Kier alpha value is -1.24. The third-order valence-electron chi connectivity index (χ3n) is 1.42. The van der Waals surface area contributed by atoms with E-state index in [1.54, 1.807) is 0 Å². The predicted molar refractivity (Wildman–Crippen MR) is 45.8 cm³/mol. The first-order valence-electron chi connectivity index (χ1n) is 3.56. The lowest BCUT2D eigenvalue weighted by Crippen LogP contribution is -2.06. The van der Waals surface area contributed by atoms with Gasteiger partial charge in [0.15, 0.2) is 11.6 Å². The van der Waals surface area contributed by atoms with Crippen LogP contribution in [0.2, 0.25) is 0 Å². The molecular formula is C8H4F4O2S. The highest BCUT2D eigenvalue weighted by Crippen LogP contribution is 2.27. The first-order valence-corrected chi connectivity index (χ1v) is 4.78. The highest BCUT2D eigenvalue weighted by molar-refractivity contribution is 8.12. The minimum atomic E-state index is -1.74. The molecule has 0 aromatic heterocycles. The van der Waals surface area contributed by atoms with Crippen molar-refractivity contribution in [2.45, 2.75) is 0 Å². The van der Waals surface area contributed by atoms with E-state index in [2.05, 4.69) is 4.74 Å². The highest BCUT2D eigenvalue weighted by atomic mass is 32.2. The van der Waals surface area contributed by atoms with Gasteiger partial charge < -0.3 is 4.74 Å². The number of hydrogen-bond donors (Lipinski definition) is 0. The molecule has 7 heteroatoms. The van der Waals surface area contributed by atoms with Crippen molar-refractivity contribution in [3.8, 4) is 5.75 Å². The van der Waals surface area contributed by atoms with Crippen molar-refractivity contribution in [1.82, 2.24) is 0 Å². The van der Waals surface area contributed by atoms with Gasteiger partial charge in [0, 0.05) is 6.07 Å². The molecule has 1 rings (SSSR count). The molecular weight excluding hydrogens is 236 g/mol. The zero-order chi connectivity index (χ0) is 11.6. The quantitative estimate of drug-likeness (QED) is 0.428. The zero-order valence-corrected chi connectivity index (χ0v) is 8.13. The van der Waals surface area contributed by atoms with E-state index in [1.165, 1.54) is 6.26 Å². The van der Waals surface area contributed by atoms with Crippen LogP contribution in [0.1, 0.15) is 0 Å². The van der Waals surface area contributed by atoms with E-state index in [4.69, 9.17) is 0 Å². The Morgan fingerprint density at radius 1 is 1.20 bits per heavy atom. The van der Waals surface area contributed by atoms with Crippen LogP contribution >= 0.6 is 11.8 Å². The number of halogens is 4. The summed E-state index contributed by atoms with van der Waals surface area (Å²) in [5.41, 5.74) is 0. The van der Waals surface area contributed by atoms with Gasteiger partial charge in [0.25, 0.3) is 0 Å². The van der Waals surface area contributed by atoms with E-state index in [0.717, 1.165) is 0 Å². The van der Waals surface area contributed by atoms with E-state index in [9.17, 15) is 22.4 Å². The summed E-state index contributed by atoms with van der Waals surface area (Å²) in [5.74, 6) is -8.10. The monoisotopic (exact) mass is 240 g/mol. The minimum absolute atomic E-state index is 0.0289. The third kappa shape index (κ3) is 2.41. The van der Waals surface area contributed by atoms with Crippen molar-refractivity contribution < 1.29 is 27.1 Å². The van der Waals surface area contributed by atoms with Gasteiger partial charge >= 0.3 is 5.30 Å². The molecule has 0 bridgehead atoms. The van der Waals surface area contributed by atoms with Crippen LogP contribution in [0.5, 0.6) is 5.75 Å². The maximum atomic E-state index is 12.9. The lowest BCUT2D eigenvalue weighted by atomic mass is 10.3. The average molecular weight is 240 g/mol. The van der Waals surface area contributed by atoms with E-state index in [1.807, 2.05) is 0 Å². The Balaban J connectivity index is 3.21. The molecule has 82 valence electrons. The minimum Gasteiger partial charge on any atom is -0.412 e. The molecule has 0 saturated heterocycles. The molecule has 15 heavy (non-hydrogen) atoms. The van der Waals surface area contributed by atoms with Gasteiger partial charge in [-0.05, 0) is 18.0 Å². The summed E-state index contributed by atoms with van der Waals surface area (Å²) in [6.45, 7) is 0. The molecule has 0 radical (unpaired) electrons. The van der Waals surface area contributed by atoms with E-state index in [-0.39, 0.29) is 6.07 Å². The standard InChI is InChI=1S/C8H4F4O2S/c1-15-8(13)14-7-5(11)3(9)2-4(10)6(7)12/h2H,1H3. The van der Waals surface area contributed by atoms with Crippen LogP contribution in [0.25, 0.3) is 0 Å². The molecule has 0 fully saturated rings. The Kier molecular flexibility index (Phi) is 3.57. The summed E-state index contributed by atoms with van der Waals surface area (Å²) in [6.07, 6.45) is 1.29. The molecule has 0 unspecified atom stereocenters. The van der Waals surface area contributed by atoms with Crippen molar-refractivity contribution in [3.05, 3.63) is 29.3 Å². The fourth-order valence-corrected chi connectivity index (χ4v) is 0.933. The average Bonchev–Trinajstić information content (AvgIpc) is 2.21. The van der Waals surface area contributed by atoms with Gasteiger partial charge in [-0.1, -0.05) is 0 Å². The molecule has 1 aromatic carbocycles. The lowest BCUT2D eigenvalue weighted by molar-refractivity contribution is 0.221. The number of carbonyl (C=O) groups is 1. The smallest absolute Gasteiger partial charge is 0.372 e. The van der Waals surface area contributed by atoms with Crippen molar-refractivity contribution in [1.29, 1.82) is 0 Å². The SMILES string of the molecule is CSC(=O)Oc1c(F)c(F)cc(F)c1F. The maximum absolute atomic E-state index is 12.9. The molecule has 0 aliphatic rings. The molecule has 0 aliphatic carbocycles. The number of ether oxygens (including phenoxy) is 1. The van der Waals surface area contributed by atoms with E-state index in [0.29, 0.717) is 11.8 Å². The number of benzene rings is 1. The van der Waals surface area contributed by atoms with Crippen molar-refractivity contribution >= 4 is 17.1 Å². The van der Waals surface area contributed by atoms with Crippen LogP contribution in [-0.2, 0) is 0 Å². The number of carbonyl (C=O) groups excluding carboxylic acids is 1. The second kappa shape index (κ2) is 4.52. The molecule has 0 spiro atoms. The van der Waals surface area contributed by atoms with E-state index < -0.39 is 34.3 Å². The highest BCUT2D eigenvalue weighted by Gasteiger charge is 2.22. The molecule has 1 aromatic rings. The Morgan fingerprint density at radius 3 is 2.07 bits per heavy atom. The summed E-state index contributed by atoms with van der Waals surface area (Å²) in [7, 11) is 0. The van der Waals surface area contributed by atoms with Gasteiger partial charge in [0.1, 0.15) is 0 Å². The topological polar surface area (TPSA) is 26.3 Å². The molecule has 0 aliphatic heterocycles. The Morgan fingerprint density at radius 2 is 1.67 bits per heavy atom. The number of rotatable bonds is 1. The van der Waals surface area contributed by atoms with Gasteiger partial charge in [-0.25, -0.2) is 13.6 Å². The van der Waals surface area contributed by atoms with Crippen LogP contribution < -0.4 is 4.74 Å². The summed E-state index contributed by atoms with van der Waals surface area (Å²) in [5, 5.41) is -1.07. The van der Waals surface area contributed by atoms with Crippen LogP contribution in [0.4, 0.5) is 22.4 Å². The van der Waals surface area contributed by atoms with Gasteiger partial charge in [-0.2, -0.15) is 8.78 Å². The van der Waals surface area contributed by atoms with Crippen LogP contribution in [0.3, 0.4) is 0 Å². The van der Waals surface area contributed by atoms with Gasteiger partial charge in [-0.3, -0.25) is 0 Å². The van der Waals surface area contributed by atoms with E-state index >= 15 is 0 Å². The predicted octanol–water partition coefficient (Wildman–Crippen LogP) is 3.10. The number of thioether (sulfide) groups is 1. The molecule has 0 atom stereocenters. The normalized spacial score (nSPS) is 10.2. The second-order valence-corrected chi connectivity index (χ2v) is 3.10. The molecule has 0 N–H and O–H groups in total. The summed E-state index contributed by atoms with van der Waals surface area (Å²) < 4.78 is 55.0. The summed E-state index contributed by atoms with van der Waals surface area (Å²) in [6, 6.07) is 0.0289. The molecule has 0 amide bonds. The molecule has 0 heterocycles. The molecule has 0 saturated carbocycles. The first-order chi connectivity index (χ1) is 6.97.